The second-order valence-electron chi connectivity index (χ2n) is 4.78. The van der Waals surface area contributed by atoms with Crippen molar-refractivity contribution in [1.82, 2.24) is 10.4 Å². The molecule has 0 unspecified atom stereocenters. The molecule has 1 saturated heterocycles. The lowest BCUT2D eigenvalue weighted by Crippen LogP contribution is -2.41. The Morgan fingerprint density at radius 3 is 2.50 bits per heavy atom. The molecule has 0 amide bonds. The summed E-state index contributed by atoms with van der Waals surface area (Å²) in [5.41, 5.74) is 15.3. The van der Waals surface area contributed by atoms with Gasteiger partial charge in [-0.2, -0.15) is 4.99 Å². The van der Waals surface area contributed by atoms with Crippen LogP contribution in [0.2, 0.25) is 0 Å². The van der Waals surface area contributed by atoms with E-state index in [2.05, 4.69) is 32.6 Å². The van der Waals surface area contributed by atoms with E-state index in [1.54, 1.807) is 0 Å². The molecule has 6 nitrogen and oxygen atoms in total. The molecular weight excluding hydrogens is 252 g/mol. The maximum Gasteiger partial charge on any atom is 0.236 e. The van der Waals surface area contributed by atoms with Crippen LogP contribution in [0.5, 0.6) is 0 Å². The monoisotopic (exact) mass is 274 g/mol. The maximum atomic E-state index is 5.44. The zero-order valence-electron chi connectivity index (χ0n) is 11.6. The lowest BCUT2D eigenvalue weighted by atomic mass is 10.2. The third kappa shape index (κ3) is 4.89. The largest absolute Gasteiger partial charge is 0.370 e. The molecule has 108 valence electrons. The van der Waals surface area contributed by atoms with Crippen molar-refractivity contribution >= 4 is 11.9 Å². The minimum absolute atomic E-state index is 0.0233. The van der Waals surface area contributed by atoms with Crippen LogP contribution in [0, 0.1) is 0 Å². The zero-order chi connectivity index (χ0) is 14.2. The predicted octanol–water partition coefficient (Wildman–Crippen LogP) is 0.459. The molecule has 1 aromatic rings. The van der Waals surface area contributed by atoms with Crippen LogP contribution in [0.1, 0.15) is 18.4 Å². The van der Waals surface area contributed by atoms with E-state index in [4.69, 9.17) is 11.5 Å². The van der Waals surface area contributed by atoms with Crippen molar-refractivity contribution in [2.45, 2.75) is 19.3 Å². The van der Waals surface area contributed by atoms with Crippen LogP contribution >= 0.6 is 0 Å². The van der Waals surface area contributed by atoms with Crippen LogP contribution in [0.15, 0.2) is 40.3 Å². The van der Waals surface area contributed by atoms with Crippen LogP contribution in [0.25, 0.3) is 0 Å². The van der Waals surface area contributed by atoms with Crippen LogP contribution in [0.3, 0.4) is 0 Å². The van der Waals surface area contributed by atoms with Gasteiger partial charge in [-0.25, -0.2) is 10.0 Å². The van der Waals surface area contributed by atoms with E-state index in [-0.39, 0.29) is 5.96 Å². The smallest absolute Gasteiger partial charge is 0.236 e. The number of guanidine groups is 2. The molecule has 20 heavy (non-hydrogen) atoms. The summed E-state index contributed by atoms with van der Waals surface area (Å²) < 4.78 is 0. The topological polar surface area (TPSA) is 92.0 Å². The number of nitrogens with zero attached hydrogens (tertiary/aromatic N) is 3. The van der Waals surface area contributed by atoms with Crippen molar-refractivity contribution in [3.63, 3.8) is 0 Å². The number of nitrogens with two attached hydrogens (primary N) is 2. The number of hydrazine groups is 1. The van der Waals surface area contributed by atoms with Crippen LogP contribution in [0.4, 0.5) is 0 Å². The van der Waals surface area contributed by atoms with Crippen molar-refractivity contribution in [2.75, 3.05) is 19.6 Å². The minimum Gasteiger partial charge on any atom is -0.370 e. The summed E-state index contributed by atoms with van der Waals surface area (Å²) in [6, 6.07) is 10.2. The third-order valence-electron chi connectivity index (χ3n) is 3.10. The van der Waals surface area contributed by atoms with E-state index in [0.29, 0.717) is 12.5 Å². The highest BCUT2D eigenvalue weighted by Gasteiger charge is 2.12. The first kappa shape index (κ1) is 14.3. The Kier molecular flexibility index (Phi) is 5.37. The lowest BCUT2D eigenvalue weighted by molar-refractivity contribution is 0.294. The first-order chi connectivity index (χ1) is 9.74. The molecule has 1 aliphatic heterocycles. The van der Waals surface area contributed by atoms with Crippen molar-refractivity contribution in [3.8, 4) is 0 Å². The molecule has 0 spiro atoms. The highest BCUT2D eigenvalue weighted by molar-refractivity contribution is 5.93. The number of hydrogen-bond acceptors (Lipinski definition) is 2. The van der Waals surface area contributed by atoms with Gasteiger partial charge in [0.05, 0.1) is 0 Å². The summed E-state index contributed by atoms with van der Waals surface area (Å²) in [6.07, 6.45) is 3.24. The number of rotatable bonds is 4. The molecule has 1 heterocycles. The van der Waals surface area contributed by atoms with E-state index in [1.165, 1.54) is 18.4 Å². The molecule has 0 aliphatic carbocycles. The molecule has 0 aromatic heterocycles. The maximum absolute atomic E-state index is 5.44. The van der Waals surface area contributed by atoms with Crippen molar-refractivity contribution < 1.29 is 0 Å². The van der Waals surface area contributed by atoms with Crippen molar-refractivity contribution in [2.24, 2.45) is 21.5 Å². The average Bonchev–Trinajstić information content (AvgIpc) is 2.92. The Hall–Kier alpha value is -2.08. The highest BCUT2D eigenvalue weighted by Crippen LogP contribution is 2.04. The SMILES string of the molecule is NC(N)=NC(=NCCc1ccccc1)NN1CCCC1. The quantitative estimate of drug-likeness (QED) is 0.549. The van der Waals surface area contributed by atoms with Gasteiger partial charge in [-0.1, -0.05) is 30.3 Å². The summed E-state index contributed by atoms with van der Waals surface area (Å²) in [4.78, 5) is 8.48. The molecule has 0 atom stereocenters. The number of hydrogen-bond donors (Lipinski definition) is 3. The normalized spacial score (nSPS) is 16.1. The Bertz CT molecular complexity index is 458. The number of benzene rings is 1. The molecule has 0 radical (unpaired) electrons. The van der Waals surface area contributed by atoms with Crippen LogP contribution < -0.4 is 16.9 Å². The number of aliphatic imine (C=N–C) groups is 2. The fraction of sp³-hybridized carbons (Fsp3) is 0.429. The highest BCUT2D eigenvalue weighted by atomic mass is 15.5. The van der Waals surface area contributed by atoms with Gasteiger partial charge in [0.15, 0.2) is 5.96 Å². The van der Waals surface area contributed by atoms with Gasteiger partial charge in [0, 0.05) is 19.6 Å². The first-order valence-corrected chi connectivity index (χ1v) is 6.93. The fourth-order valence-corrected chi connectivity index (χ4v) is 2.12. The Morgan fingerprint density at radius 1 is 1.15 bits per heavy atom. The summed E-state index contributed by atoms with van der Waals surface area (Å²) >= 11 is 0. The standard InChI is InChI=1S/C14H22N6/c15-13(16)18-14(19-20-10-4-5-11-20)17-9-8-12-6-2-1-3-7-12/h1-3,6-7H,4-5,8-11H2,(H5,15,16,17,18,19). The Balaban J connectivity index is 1.91. The molecule has 0 bridgehead atoms. The van der Waals surface area contributed by atoms with E-state index in [0.717, 1.165) is 19.5 Å². The second kappa shape index (κ2) is 7.49. The van der Waals surface area contributed by atoms with Gasteiger partial charge < -0.3 is 11.5 Å². The molecule has 0 saturated carbocycles. The summed E-state index contributed by atoms with van der Waals surface area (Å²) in [7, 11) is 0. The van der Waals surface area contributed by atoms with E-state index in [9.17, 15) is 0 Å². The van der Waals surface area contributed by atoms with E-state index in [1.807, 2.05) is 18.2 Å². The Labute approximate surface area is 119 Å². The van der Waals surface area contributed by atoms with E-state index >= 15 is 0 Å². The average molecular weight is 274 g/mol. The van der Waals surface area contributed by atoms with Crippen molar-refractivity contribution in [3.05, 3.63) is 35.9 Å². The molecule has 6 heteroatoms. The summed E-state index contributed by atoms with van der Waals surface area (Å²) in [5.74, 6) is 0.512. The first-order valence-electron chi connectivity index (χ1n) is 6.93. The lowest BCUT2D eigenvalue weighted by Gasteiger charge is -2.16. The fourth-order valence-electron chi connectivity index (χ4n) is 2.12. The third-order valence-corrected chi connectivity index (χ3v) is 3.10. The summed E-state index contributed by atoms with van der Waals surface area (Å²) in [6.45, 7) is 2.65. The van der Waals surface area contributed by atoms with Crippen LogP contribution in [-0.2, 0) is 6.42 Å². The molecule has 2 rings (SSSR count). The van der Waals surface area contributed by atoms with Crippen LogP contribution in [-0.4, -0.2) is 36.6 Å². The van der Waals surface area contributed by atoms with Gasteiger partial charge in [0.2, 0.25) is 5.96 Å². The van der Waals surface area contributed by atoms with Crippen molar-refractivity contribution in [1.29, 1.82) is 0 Å². The molecule has 5 N–H and O–H groups in total. The molecular formula is C14H22N6. The molecule has 1 aromatic carbocycles. The van der Waals surface area contributed by atoms with Gasteiger partial charge in [-0.3, -0.25) is 5.43 Å². The van der Waals surface area contributed by atoms with Gasteiger partial charge >= 0.3 is 0 Å². The predicted molar refractivity (Wildman–Crippen MR) is 82.2 cm³/mol. The van der Waals surface area contributed by atoms with Gasteiger partial charge in [-0.05, 0) is 24.8 Å². The van der Waals surface area contributed by atoms with E-state index < -0.39 is 0 Å². The minimum atomic E-state index is 0.0233. The molecule has 1 aliphatic rings. The number of nitrogens with one attached hydrogen (secondary N) is 1. The van der Waals surface area contributed by atoms with Gasteiger partial charge in [-0.15, -0.1) is 0 Å². The van der Waals surface area contributed by atoms with Gasteiger partial charge in [0.1, 0.15) is 0 Å². The Morgan fingerprint density at radius 2 is 1.85 bits per heavy atom. The molecule has 1 fully saturated rings. The summed E-state index contributed by atoms with van der Waals surface area (Å²) in [5, 5.41) is 2.09. The zero-order valence-corrected chi connectivity index (χ0v) is 11.6. The second-order valence-corrected chi connectivity index (χ2v) is 4.78. The van der Waals surface area contributed by atoms with Gasteiger partial charge in [0.25, 0.3) is 0 Å².